The van der Waals surface area contributed by atoms with E-state index in [4.69, 9.17) is 0 Å². The van der Waals surface area contributed by atoms with Gasteiger partial charge in [0.25, 0.3) is 0 Å². The van der Waals surface area contributed by atoms with E-state index in [-0.39, 0.29) is 66.3 Å². The Morgan fingerprint density at radius 1 is 1.00 bits per heavy atom. The van der Waals surface area contributed by atoms with Gasteiger partial charge in [-0.3, -0.25) is 0 Å². The molecular weight excluding hydrogens is 241 g/mol. The van der Waals surface area contributed by atoms with Gasteiger partial charge < -0.3 is 0 Å². The first-order valence-electron chi connectivity index (χ1n) is 0. The first kappa shape index (κ1) is 35.0. The van der Waals surface area contributed by atoms with Gasteiger partial charge in [0.2, 0.25) is 0 Å². The summed E-state index contributed by atoms with van der Waals surface area (Å²) >= 11 is 0. The van der Waals surface area contributed by atoms with Gasteiger partial charge >= 0.3 is 25.8 Å². The van der Waals surface area contributed by atoms with Crippen LogP contribution in [0.2, 0.25) is 0 Å². The summed E-state index contributed by atoms with van der Waals surface area (Å²) in [4.78, 5) is 0. The molecule has 0 rings (SSSR count). The fraction of sp³-hybridized carbons (Fsp3) is 0. The van der Waals surface area contributed by atoms with Crippen LogP contribution >= 0.6 is 23.4 Å². The van der Waals surface area contributed by atoms with Crippen molar-refractivity contribution in [3.63, 3.8) is 0 Å². The SMILES string of the molecule is P.S.[Cu].[InH3]. The molecule has 1 unspecified atom stereocenters. The topological polar surface area (TPSA) is 0 Å². The van der Waals surface area contributed by atoms with Crippen LogP contribution in [0.4, 0.5) is 0 Å². The van der Waals surface area contributed by atoms with Crippen molar-refractivity contribution in [1.29, 1.82) is 0 Å². The van der Waals surface area contributed by atoms with Crippen molar-refractivity contribution in [2.75, 3.05) is 0 Å². The van der Waals surface area contributed by atoms with Crippen LogP contribution in [0.25, 0.3) is 0 Å². The summed E-state index contributed by atoms with van der Waals surface area (Å²) < 4.78 is 0. The van der Waals surface area contributed by atoms with Crippen molar-refractivity contribution in [3.8, 4) is 0 Å². The van der Waals surface area contributed by atoms with Gasteiger partial charge in [-0.1, -0.05) is 0 Å². The third-order valence-electron chi connectivity index (χ3n) is 0. The quantitative estimate of drug-likeness (QED) is 0.381. The van der Waals surface area contributed by atoms with Gasteiger partial charge in [-0.05, 0) is 0 Å². The van der Waals surface area contributed by atoms with Crippen molar-refractivity contribution < 1.29 is 17.1 Å². The van der Waals surface area contributed by atoms with E-state index >= 15 is 0 Å². The second-order valence-electron chi connectivity index (χ2n) is 0. The summed E-state index contributed by atoms with van der Waals surface area (Å²) in [6, 6.07) is 0. The Morgan fingerprint density at radius 3 is 1.00 bits per heavy atom. The Labute approximate surface area is 65.8 Å². The van der Waals surface area contributed by atoms with Crippen LogP contribution < -0.4 is 0 Å². The molecule has 0 aliphatic heterocycles. The van der Waals surface area contributed by atoms with Crippen LogP contribution in [0.3, 0.4) is 0 Å². The molecule has 0 saturated carbocycles. The van der Waals surface area contributed by atoms with E-state index in [1.54, 1.807) is 0 Å². The molecular formula is H8CuInPS. The molecule has 0 saturated heterocycles. The number of hydrogen-bond donors (Lipinski definition) is 0. The third-order valence-corrected chi connectivity index (χ3v) is 0. The summed E-state index contributed by atoms with van der Waals surface area (Å²) in [7, 11) is 0. The standard InChI is InChI=1S/Cu.In.H3P.H2S.3H/h;;1H3;1H2;;;. The number of rotatable bonds is 0. The average molecular weight is 249 g/mol. The van der Waals surface area contributed by atoms with Gasteiger partial charge in [-0.25, -0.2) is 0 Å². The summed E-state index contributed by atoms with van der Waals surface area (Å²) in [5, 5.41) is 0. The first-order valence-corrected chi connectivity index (χ1v) is 0. The van der Waals surface area contributed by atoms with E-state index in [0.717, 1.165) is 0 Å². The molecule has 4 heteroatoms. The minimum atomic E-state index is 0. The molecule has 0 aliphatic carbocycles. The molecule has 0 aromatic carbocycles. The Balaban J connectivity index is 0. The van der Waals surface area contributed by atoms with Gasteiger partial charge in [0.15, 0.2) is 0 Å². The second-order valence-corrected chi connectivity index (χ2v) is 0. The predicted octanol–water partition coefficient (Wildman–Crippen LogP) is -1.02. The Bertz CT molecular complexity index is 8.00. The van der Waals surface area contributed by atoms with Crippen molar-refractivity contribution in [1.82, 2.24) is 0 Å². The summed E-state index contributed by atoms with van der Waals surface area (Å²) in [5.41, 5.74) is 0. The van der Waals surface area contributed by atoms with Crippen molar-refractivity contribution >= 4 is 49.2 Å². The van der Waals surface area contributed by atoms with Crippen LogP contribution in [0, 0.1) is 0 Å². The van der Waals surface area contributed by atoms with Crippen molar-refractivity contribution in [2.45, 2.75) is 0 Å². The average Bonchev–Trinajstić information content (AvgIpc) is 0. The maximum atomic E-state index is 0. The van der Waals surface area contributed by atoms with Crippen molar-refractivity contribution in [2.24, 2.45) is 0 Å². The molecule has 0 bridgehead atoms. The van der Waals surface area contributed by atoms with E-state index in [9.17, 15) is 0 Å². The molecule has 0 aromatic heterocycles. The summed E-state index contributed by atoms with van der Waals surface area (Å²) in [6.45, 7) is 0. The summed E-state index contributed by atoms with van der Waals surface area (Å²) in [6.07, 6.45) is 0. The molecule has 0 spiro atoms. The first-order chi connectivity index (χ1) is 0. The molecule has 0 N–H and O–H groups in total. The molecule has 4 heavy (non-hydrogen) atoms. The molecule has 33 valence electrons. The monoisotopic (exact) mass is 249 g/mol. The van der Waals surface area contributed by atoms with Gasteiger partial charge in [0.05, 0.1) is 0 Å². The predicted molar refractivity (Wildman–Crippen MR) is 31.4 cm³/mol. The van der Waals surface area contributed by atoms with Gasteiger partial charge in [0.1, 0.15) is 0 Å². The molecule has 0 aliphatic rings. The normalized spacial score (nSPS) is 0. The van der Waals surface area contributed by atoms with E-state index in [0.29, 0.717) is 0 Å². The van der Waals surface area contributed by atoms with Crippen LogP contribution in [-0.2, 0) is 17.1 Å². The van der Waals surface area contributed by atoms with E-state index in [1.165, 1.54) is 0 Å². The Kier molecular flexibility index (Phi) is 167. The number of hydrogen-bond acceptors (Lipinski definition) is 0. The fourth-order valence-electron chi connectivity index (χ4n) is 0. The summed E-state index contributed by atoms with van der Waals surface area (Å²) in [5.74, 6) is 0. The van der Waals surface area contributed by atoms with Crippen LogP contribution in [0.15, 0.2) is 0 Å². The van der Waals surface area contributed by atoms with Crippen molar-refractivity contribution in [3.05, 3.63) is 0 Å². The minimum absolute atomic E-state index is 0. The molecule has 0 aromatic rings. The zero-order valence-electron chi connectivity index (χ0n) is 1.51. The molecule has 0 fully saturated rings. The molecule has 0 amide bonds. The molecule has 1 atom stereocenters. The van der Waals surface area contributed by atoms with E-state index < -0.39 is 0 Å². The molecule has 1 radical (unpaired) electrons. The van der Waals surface area contributed by atoms with Crippen LogP contribution in [0.1, 0.15) is 0 Å². The van der Waals surface area contributed by atoms with E-state index in [1.807, 2.05) is 0 Å². The zero-order valence-corrected chi connectivity index (χ0v) is 4.86. The van der Waals surface area contributed by atoms with Gasteiger partial charge in [-0.2, -0.15) is 23.4 Å². The fourth-order valence-corrected chi connectivity index (χ4v) is 0. The van der Waals surface area contributed by atoms with Gasteiger partial charge in [0, 0.05) is 17.1 Å². The van der Waals surface area contributed by atoms with E-state index in [2.05, 4.69) is 0 Å². The molecule has 0 heterocycles. The van der Waals surface area contributed by atoms with Crippen LogP contribution in [0.5, 0.6) is 0 Å². The third kappa shape index (κ3) is 8.90. The van der Waals surface area contributed by atoms with Crippen LogP contribution in [-0.4, -0.2) is 25.8 Å². The Morgan fingerprint density at radius 2 is 1.00 bits per heavy atom. The van der Waals surface area contributed by atoms with Gasteiger partial charge in [-0.15, -0.1) is 0 Å². The maximum absolute atomic E-state index is 0. The molecule has 0 nitrogen and oxygen atoms in total. The zero-order chi connectivity index (χ0) is 0. The Hall–Kier alpha value is 2.17. The second kappa shape index (κ2) is 19.1.